The predicted octanol–water partition coefficient (Wildman–Crippen LogP) is 11.1. The first-order chi connectivity index (χ1) is 22.2. The van der Waals surface area contributed by atoms with Gasteiger partial charge in [-0.2, -0.15) is 39.5 Å². The highest BCUT2D eigenvalue weighted by atomic mass is 32.2. The quantitative estimate of drug-likeness (QED) is 0.106. The number of hydrogen-bond donors (Lipinski definition) is 3. The van der Waals surface area contributed by atoms with Gasteiger partial charge in [0.15, 0.2) is 0 Å². The van der Waals surface area contributed by atoms with Crippen molar-refractivity contribution >= 4 is 17.7 Å². The van der Waals surface area contributed by atoms with Crippen molar-refractivity contribution in [1.82, 2.24) is 0 Å². The highest BCUT2D eigenvalue weighted by molar-refractivity contribution is 7.99. The summed E-state index contributed by atoms with van der Waals surface area (Å²) in [5, 5.41) is 29.3. The fraction of sp³-hybridized carbons (Fsp3) is 0.618. The molecule has 1 aliphatic rings. The molecule has 1 heterocycles. The number of alkyl halides is 9. The minimum absolute atomic E-state index is 0.169. The number of carboxylic acid groups (broad SMARTS) is 1. The van der Waals surface area contributed by atoms with Crippen molar-refractivity contribution in [3.63, 3.8) is 0 Å². The Bertz CT molecular complexity index is 1350. The third-order valence-electron chi connectivity index (χ3n) is 9.34. The van der Waals surface area contributed by atoms with E-state index in [2.05, 4.69) is 6.92 Å². The SMILES string of the molecule is CC1(c2ccc(O)cc2)CSc2cc(O)ccc2C1CCCCCCCCC(CCCCC(F)(F)C(F)(F)C(F)(F)C(F)(F)F)C(=O)O. The van der Waals surface area contributed by atoms with Gasteiger partial charge in [0, 0.05) is 22.5 Å². The van der Waals surface area contributed by atoms with Gasteiger partial charge in [0.1, 0.15) is 11.5 Å². The third kappa shape index (κ3) is 9.06. The Hall–Kier alpha value is -2.77. The van der Waals surface area contributed by atoms with Crippen molar-refractivity contribution in [2.45, 2.75) is 124 Å². The monoisotopic (exact) mass is 716 g/mol. The van der Waals surface area contributed by atoms with Crippen molar-refractivity contribution in [2.24, 2.45) is 5.92 Å². The van der Waals surface area contributed by atoms with Gasteiger partial charge in [-0.25, -0.2) is 0 Å². The summed E-state index contributed by atoms with van der Waals surface area (Å²) in [6, 6.07) is 12.7. The maximum Gasteiger partial charge on any atom is 0.460 e. The number of unbranched alkanes of at least 4 members (excludes halogenated alkanes) is 6. The first-order valence-electron chi connectivity index (χ1n) is 15.9. The zero-order valence-electron chi connectivity index (χ0n) is 26.4. The molecule has 0 aliphatic carbocycles. The zero-order valence-corrected chi connectivity index (χ0v) is 27.3. The number of carbonyl (C=O) groups is 1. The van der Waals surface area contributed by atoms with Crippen LogP contribution >= 0.6 is 11.8 Å². The van der Waals surface area contributed by atoms with E-state index in [4.69, 9.17) is 0 Å². The highest BCUT2D eigenvalue weighted by Crippen LogP contribution is 2.55. The molecule has 2 aromatic carbocycles. The van der Waals surface area contributed by atoms with Gasteiger partial charge in [-0.1, -0.05) is 70.1 Å². The Morgan fingerprint density at radius 1 is 0.792 bits per heavy atom. The van der Waals surface area contributed by atoms with Crippen molar-refractivity contribution in [3.8, 4) is 11.5 Å². The standard InChI is InChI=1S/C34H41F9O4S/c1-30(23-13-15-24(44)16-14-23)21-48-28-20-25(45)17-18-26(28)27(30)12-7-5-3-2-4-6-10-22(29(46)47)11-8-9-19-31(35,36)32(37,38)33(39,40)34(41,42)43/h13-18,20,22,27,44-45H,2-12,19,21H2,1H3,(H,46,47). The summed E-state index contributed by atoms with van der Waals surface area (Å²) in [5.41, 5.74) is 2.06. The second-order valence-electron chi connectivity index (χ2n) is 12.9. The lowest BCUT2D eigenvalue weighted by molar-refractivity contribution is -0.396. The molecule has 0 aromatic heterocycles. The second kappa shape index (κ2) is 15.8. The van der Waals surface area contributed by atoms with Crippen LogP contribution in [0.4, 0.5) is 39.5 Å². The first-order valence-corrected chi connectivity index (χ1v) is 16.9. The molecule has 3 unspecified atom stereocenters. The number of phenolic OH excluding ortho intramolecular Hbond substituents is 2. The summed E-state index contributed by atoms with van der Waals surface area (Å²) in [5.74, 6) is -20.1. The molecule has 3 rings (SSSR count). The number of halogens is 9. The van der Waals surface area contributed by atoms with Gasteiger partial charge in [0.25, 0.3) is 0 Å². The molecule has 0 radical (unpaired) electrons. The smallest absolute Gasteiger partial charge is 0.460 e. The summed E-state index contributed by atoms with van der Waals surface area (Å²) in [4.78, 5) is 12.6. The molecule has 0 spiro atoms. The molecular weight excluding hydrogens is 675 g/mol. The molecule has 1 aliphatic heterocycles. The number of carboxylic acids is 1. The lowest BCUT2D eigenvalue weighted by Crippen LogP contribution is -2.60. The van der Waals surface area contributed by atoms with Gasteiger partial charge < -0.3 is 15.3 Å². The second-order valence-corrected chi connectivity index (χ2v) is 13.9. The molecule has 0 saturated heterocycles. The van der Waals surface area contributed by atoms with Crippen LogP contribution in [0.15, 0.2) is 47.4 Å². The maximum atomic E-state index is 13.7. The topological polar surface area (TPSA) is 77.8 Å². The van der Waals surface area contributed by atoms with Crippen molar-refractivity contribution < 1.29 is 59.6 Å². The Morgan fingerprint density at radius 2 is 1.33 bits per heavy atom. The number of benzene rings is 2. The van der Waals surface area contributed by atoms with Crippen LogP contribution in [0.1, 0.15) is 101 Å². The van der Waals surface area contributed by atoms with Gasteiger partial charge in [0.2, 0.25) is 0 Å². The molecule has 2 aromatic rings. The van der Waals surface area contributed by atoms with Crippen molar-refractivity contribution in [3.05, 3.63) is 53.6 Å². The zero-order chi connectivity index (χ0) is 36.0. The molecule has 0 fully saturated rings. The summed E-state index contributed by atoms with van der Waals surface area (Å²) < 4.78 is 117. The molecule has 3 N–H and O–H groups in total. The molecule has 0 saturated carbocycles. The average Bonchev–Trinajstić information content (AvgIpc) is 2.99. The van der Waals surface area contributed by atoms with E-state index in [-0.39, 0.29) is 42.1 Å². The van der Waals surface area contributed by atoms with E-state index in [1.807, 2.05) is 18.2 Å². The summed E-state index contributed by atoms with van der Waals surface area (Å²) >= 11 is 1.69. The predicted molar refractivity (Wildman–Crippen MR) is 164 cm³/mol. The van der Waals surface area contributed by atoms with E-state index in [0.717, 1.165) is 53.9 Å². The van der Waals surface area contributed by atoms with Crippen molar-refractivity contribution in [2.75, 3.05) is 5.75 Å². The van der Waals surface area contributed by atoms with Crippen LogP contribution in [0.2, 0.25) is 0 Å². The fourth-order valence-electron chi connectivity index (χ4n) is 6.35. The van der Waals surface area contributed by atoms with Crippen LogP contribution in [0.3, 0.4) is 0 Å². The molecule has 270 valence electrons. The van der Waals surface area contributed by atoms with Gasteiger partial charge >= 0.3 is 29.9 Å². The molecule has 0 bridgehead atoms. The van der Waals surface area contributed by atoms with Crippen LogP contribution in [0.25, 0.3) is 0 Å². The number of phenols is 2. The Kier molecular flexibility index (Phi) is 13.1. The van der Waals surface area contributed by atoms with Crippen LogP contribution in [0.5, 0.6) is 11.5 Å². The first kappa shape index (κ1) is 39.7. The van der Waals surface area contributed by atoms with Crippen LogP contribution < -0.4 is 0 Å². The molecule has 4 nitrogen and oxygen atoms in total. The number of hydrogen-bond acceptors (Lipinski definition) is 4. The van der Waals surface area contributed by atoms with Crippen LogP contribution in [-0.2, 0) is 10.2 Å². The fourth-order valence-corrected chi connectivity index (χ4v) is 7.75. The minimum Gasteiger partial charge on any atom is -0.508 e. The lowest BCUT2D eigenvalue weighted by atomic mass is 9.68. The lowest BCUT2D eigenvalue weighted by Gasteiger charge is -2.43. The van der Waals surface area contributed by atoms with Gasteiger partial charge in [-0.05, 0) is 67.0 Å². The van der Waals surface area contributed by atoms with E-state index in [9.17, 15) is 59.6 Å². The third-order valence-corrected chi connectivity index (χ3v) is 10.8. The number of rotatable bonds is 18. The van der Waals surface area contributed by atoms with Crippen LogP contribution in [0, 0.1) is 5.92 Å². The Labute approximate surface area is 278 Å². The number of aliphatic carboxylic acids is 1. The maximum absolute atomic E-state index is 13.7. The van der Waals surface area contributed by atoms with Crippen LogP contribution in [-0.4, -0.2) is 51.0 Å². The minimum atomic E-state index is -6.92. The molecular formula is C34H41F9O4S. The highest BCUT2D eigenvalue weighted by Gasteiger charge is 2.81. The molecule has 14 heteroatoms. The number of fused-ring (bicyclic) bond motifs is 1. The Balaban J connectivity index is 1.43. The van der Waals surface area contributed by atoms with E-state index < -0.39 is 48.7 Å². The molecule has 48 heavy (non-hydrogen) atoms. The number of aromatic hydroxyl groups is 2. The summed E-state index contributed by atoms with van der Waals surface area (Å²) in [7, 11) is 0. The largest absolute Gasteiger partial charge is 0.508 e. The Morgan fingerprint density at radius 3 is 1.92 bits per heavy atom. The van der Waals surface area contributed by atoms with E-state index in [1.165, 1.54) is 0 Å². The van der Waals surface area contributed by atoms with E-state index in [1.54, 1.807) is 36.0 Å². The number of thioether (sulfide) groups is 1. The molecule has 0 amide bonds. The van der Waals surface area contributed by atoms with Gasteiger partial charge in [-0.3, -0.25) is 4.79 Å². The summed E-state index contributed by atoms with van der Waals surface area (Å²) in [6.07, 6.45) is -4.45. The van der Waals surface area contributed by atoms with Crippen molar-refractivity contribution in [1.29, 1.82) is 0 Å². The van der Waals surface area contributed by atoms with E-state index >= 15 is 0 Å². The van der Waals surface area contributed by atoms with Gasteiger partial charge in [-0.15, -0.1) is 11.8 Å². The molecule has 3 atom stereocenters. The van der Waals surface area contributed by atoms with Gasteiger partial charge in [0.05, 0.1) is 5.92 Å². The van der Waals surface area contributed by atoms with E-state index in [0.29, 0.717) is 12.8 Å². The summed E-state index contributed by atoms with van der Waals surface area (Å²) in [6.45, 7) is 2.21. The normalized spacial score (nSPS) is 19.6. The average molecular weight is 717 g/mol.